The number of hydrogen-bond donors (Lipinski definition) is 1. The SMILES string of the molecule is COc1ccc2c(c1)CCC[C@]21NC(=O)N(Cc2ccc(OC)c(F)c2)C1=O. The van der Waals surface area contributed by atoms with E-state index in [1.165, 1.54) is 19.2 Å². The number of halogens is 1. The summed E-state index contributed by atoms with van der Waals surface area (Å²) in [6.07, 6.45) is 2.13. The highest BCUT2D eigenvalue weighted by Gasteiger charge is 2.53. The molecular weight excluding hydrogens is 363 g/mol. The molecule has 1 spiro atoms. The summed E-state index contributed by atoms with van der Waals surface area (Å²) in [6, 6.07) is 9.51. The number of nitrogens with one attached hydrogen (secondary N) is 1. The number of nitrogens with zero attached hydrogens (tertiary/aromatic N) is 1. The van der Waals surface area contributed by atoms with E-state index in [1.807, 2.05) is 12.1 Å². The molecule has 2 aliphatic rings. The van der Waals surface area contributed by atoms with Gasteiger partial charge in [-0.3, -0.25) is 9.69 Å². The van der Waals surface area contributed by atoms with Crippen LogP contribution in [-0.2, 0) is 23.3 Å². The Bertz CT molecular complexity index is 961. The predicted molar refractivity (Wildman–Crippen MR) is 99.6 cm³/mol. The quantitative estimate of drug-likeness (QED) is 0.823. The molecule has 2 aromatic rings. The molecule has 2 aromatic carbocycles. The monoisotopic (exact) mass is 384 g/mol. The molecule has 3 amide bonds. The molecule has 0 radical (unpaired) electrons. The van der Waals surface area contributed by atoms with E-state index >= 15 is 0 Å². The predicted octanol–water partition coefficient (Wildman–Crippen LogP) is 3.13. The van der Waals surface area contributed by atoms with Gasteiger partial charge < -0.3 is 14.8 Å². The normalized spacial score (nSPS) is 20.9. The van der Waals surface area contributed by atoms with Crippen LogP contribution in [0.2, 0.25) is 0 Å². The van der Waals surface area contributed by atoms with Gasteiger partial charge in [0.25, 0.3) is 5.91 Å². The van der Waals surface area contributed by atoms with Gasteiger partial charge in [-0.05, 0) is 60.2 Å². The lowest BCUT2D eigenvalue weighted by atomic mass is 9.76. The van der Waals surface area contributed by atoms with Crippen LogP contribution in [-0.4, -0.2) is 31.1 Å². The standard InChI is InChI=1S/C21H21FN2O4/c1-27-15-6-7-16-14(11-15)4-3-9-21(16)19(25)24(20(26)23-21)12-13-5-8-18(28-2)17(22)10-13/h5-8,10-11H,3-4,9,12H2,1-2H3,(H,23,26)/t21-/m0/s1. The van der Waals surface area contributed by atoms with Crippen molar-refractivity contribution in [2.75, 3.05) is 14.2 Å². The number of fused-ring (bicyclic) bond motifs is 2. The fraction of sp³-hybridized carbons (Fsp3) is 0.333. The zero-order chi connectivity index (χ0) is 19.9. The second-order valence-electron chi connectivity index (χ2n) is 7.07. The highest BCUT2D eigenvalue weighted by molar-refractivity contribution is 6.07. The lowest BCUT2D eigenvalue weighted by molar-refractivity contribution is -0.132. The smallest absolute Gasteiger partial charge is 0.325 e. The Morgan fingerprint density at radius 2 is 1.96 bits per heavy atom. The molecule has 1 heterocycles. The number of amides is 3. The second-order valence-corrected chi connectivity index (χ2v) is 7.07. The van der Waals surface area contributed by atoms with Gasteiger partial charge in [-0.1, -0.05) is 12.1 Å². The molecule has 1 aliphatic carbocycles. The number of urea groups is 1. The first-order valence-electron chi connectivity index (χ1n) is 9.12. The molecule has 1 aliphatic heterocycles. The van der Waals surface area contributed by atoms with E-state index in [1.54, 1.807) is 19.2 Å². The average molecular weight is 384 g/mol. The fourth-order valence-electron chi connectivity index (χ4n) is 4.11. The molecule has 1 fully saturated rings. The maximum Gasteiger partial charge on any atom is 0.325 e. The minimum atomic E-state index is -1.07. The summed E-state index contributed by atoms with van der Waals surface area (Å²) in [5.41, 5.74) is 1.25. The Balaban J connectivity index is 1.66. The van der Waals surface area contributed by atoms with Gasteiger partial charge in [-0.25, -0.2) is 9.18 Å². The highest BCUT2D eigenvalue weighted by atomic mass is 19.1. The summed E-state index contributed by atoms with van der Waals surface area (Å²) in [6.45, 7) is -0.00117. The van der Waals surface area contributed by atoms with Gasteiger partial charge in [0, 0.05) is 0 Å². The van der Waals surface area contributed by atoms with Crippen LogP contribution in [0.1, 0.15) is 29.5 Å². The first-order valence-corrected chi connectivity index (χ1v) is 9.12. The summed E-state index contributed by atoms with van der Waals surface area (Å²) in [5, 5.41) is 2.90. The minimum absolute atomic E-state index is 0.00117. The number of carbonyl (C=O) groups excluding carboxylic acids is 2. The second kappa shape index (κ2) is 6.82. The third-order valence-electron chi connectivity index (χ3n) is 5.50. The van der Waals surface area contributed by atoms with Crippen LogP contribution in [0.5, 0.6) is 11.5 Å². The topological polar surface area (TPSA) is 67.9 Å². The van der Waals surface area contributed by atoms with Crippen molar-refractivity contribution in [2.24, 2.45) is 0 Å². The van der Waals surface area contributed by atoms with Gasteiger partial charge in [0.05, 0.1) is 20.8 Å². The highest BCUT2D eigenvalue weighted by Crippen LogP contribution is 2.41. The number of carbonyl (C=O) groups is 2. The molecule has 0 aromatic heterocycles. The third kappa shape index (κ3) is 2.78. The Morgan fingerprint density at radius 3 is 2.68 bits per heavy atom. The first kappa shape index (κ1) is 18.3. The number of aryl methyl sites for hydroxylation is 1. The van der Waals surface area contributed by atoms with E-state index in [-0.39, 0.29) is 18.2 Å². The van der Waals surface area contributed by atoms with E-state index in [2.05, 4.69) is 5.32 Å². The molecule has 7 heteroatoms. The minimum Gasteiger partial charge on any atom is -0.497 e. The average Bonchev–Trinajstić information content (AvgIpc) is 2.92. The molecule has 6 nitrogen and oxygen atoms in total. The van der Waals surface area contributed by atoms with Crippen molar-refractivity contribution in [1.29, 1.82) is 0 Å². The third-order valence-corrected chi connectivity index (χ3v) is 5.50. The summed E-state index contributed by atoms with van der Waals surface area (Å²) in [5.74, 6) is 0.00225. The summed E-state index contributed by atoms with van der Waals surface area (Å²) in [4.78, 5) is 27.1. The van der Waals surface area contributed by atoms with Crippen molar-refractivity contribution in [3.63, 3.8) is 0 Å². The Labute approximate surface area is 162 Å². The molecule has 1 N–H and O–H groups in total. The summed E-state index contributed by atoms with van der Waals surface area (Å²) >= 11 is 0. The van der Waals surface area contributed by atoms with Crippen LogP contribution in [0.4, 0.5) is 9.18 Å². The first-order chi connectivity index (χ1) is 13.5. The number of benzene rings is 2. The van der Waals surface area contributed by atoms with E-state index in [4.69, 9.17) is 9.47 Å². The van der Waals surface area contributed by atoms with Gasteiger partial charge in [0.2, 0.25) is 0 Å². The van der Waals surface area contributed by atoms with Gasteiger partial charge in [-0.15, -0.1) is 0 Å². The van der Waals surface area contributed by atoms with Gasteiger partial charge in [0.15, 0.2) is 11.6 Å². The summed E-state index contributed by atoms with van der Waals surface area (Å²) < 4.78 is 24.2. The van der Waals surface area contributed by atoms with E-state index in [0.717, 1.165) is 34.6 Å². The van der Waals surface area contributed by atoms with Crippen LogP contribution >= 0.6 is 0 Å². The van der Waals surface area contributed by atoms with Crippen LogP contribution < -0.4 is 14.8 Å². The maximum atomic E-state index is 14.0. The van der Waals surface area contributed by atoms with Crippen molar-refractivity contribution in [3.05, 3.63) is 58.9 Å². The Hall–Kier alpha value is -3.09. The van der Waals surface area contributed by atoms with Crippen molar-refractivity contribution in [1.82, 2.24) is 10.2 Å². The molecule has 146 valence electrons. The van der Waals surface area contributed by atoms with Crippen LogP contribution in [0.3, 0.4) is 0 Å². The molecule has 0 unspecified atom stereocenters. The molecule has 28 heavy (non-hydrogen) atoms. The summed E-state index contributed by atoms with van der Waals surface area (Å²) in [7, 11) is 2.98. The van der Waals surface area contributed by atoms with Crippen LogP contribution in [0, 0.1) is 5.82 Å². The zero-order valence-corrected chi connectivity index (χ0v) is 15.8. The molecule has 4 rings (SSSR count). The lowest BCUT2D eigenvalue weighted by Crippen LogP contribution is -2.46. The van der Waals surface area contributed by atoms with Crippen LogP contribution in [0.15, 0.2) is 36.4 Å². The number of imide groups is 1. The Morgan fingerprint density at radius 1 is 1.14 bits per heavy atom. The van der Waals surface area contributed by atoms with Gasteiger partial charge in [0.1, 0.15) is 11.3 Å². The number of ether oxygens (including phenoxy) is 2. The number of rotatable bonds is 4. The molecular formula is C21H21FN2O4. The van der Waals surface area contributed by atoms with Gasteiger partial charge >= 0.3 is 6.03 Å². The van der Waals surface area contributed by atoms with E-state index in [9.17, 15) is 14.0 Å². The molecule has 0 saturated carbocycles. The Kier molecular flexibility index (Phi) is 4.45. The lowest BCUT2D eigenvalue weighted by Gasteiger charge is -2.33. The van der Waals surface area contributed by atoms with E-state index in [0.29, 0.717) is 12.0 Å². The molecule has 0 bridgehead atoms. The molecule has 1 saturated heterocycles. The van der Waals surface area contributed by atoms with Gasteiger partial charge in [-0.2, -0.15) is 0 Å². The maximum absolute atomic E-state index is 14.0. The van der Waals surface area contributed by atoms with E-state index < -0.39 is 17.4 Å². The van der Waals surface area contributed by atoms with Crippen molar-refractivity contribution >= 4 is 11.9 Å². The van der Waals surface area contributed by atoms with Crippen molar-refractivity contribution in [2.45, 2.75) is 31.3 Å². The largest absolute Gasteiger partial charge is 0.497 e. The zero-order valence-electron chi connectivity index (χ0n) is 15.8. The molecule has 1 atom stereocenters. The van der Waals surface area contributed by atoms with Crippen molar-refractivity contribution in [3.8, 4) is 11.5 Å². The number of hydrogen-bond acceptors (Lipinski definition) is 4. The fourth-order valence-corrected chi connectivity index (χ4v) is 4.11. The van der Waals surface area contributed by atoms with Crippen LogP contribution in [0.25, 0.3) is 0 Å². The van der Waals surface area contributed by atoms with Crippen molar-refractivity contribution < 1.29 is 23.5 Å². The number of methoxy groups -OCH3 is 2.